The Kier molecular flexibility index (Phi) is 7.54. The quantitative estimate of drug-likeness (QED) is 0.170. The number of rotatable bonds is 5. The molecule has 0 saturated heterocycles. The zero-order valence-electron chi connectivity index (χ0n) is 28.9. The van der Waals surface area contributed by atoms with Gasteiger partial charge in [-0.3, -0.25) is 0 Å². The fourth-order valence-corrected chi connectivity index (χ4v) is 7.52. The van der Waals surface area contributed by atoms with E-state index in [0.717, 1.165) is 39.6 Å². The van der Waals surface area contributed by atoms with Gasteiger partial charge in [-0.25, -0.2) is 15.0 Å². The lowest BCUT2D eigenvalue weighted by Crippen LogP contribution is -2.00. The van der Waals surface area contributed by atoms with Crippen molar-refractivity contribution in [3.05, 3.63) is 193 Å². The highest BCUT2D eigenvalue weighted by Crippen LogP contribution is 2.34. The molecule has 0 atom stereocenters. The lowest BCUT2D eigenvalue weighted by Gasteiger charge is -2.11. The molecule has 1 heterocycles. The summed E-state index contributed by atoms with van der Waals surface area (Å²) in [5.74, 6) is 1.95. The van der Waals surface area contributed by atoms with Gasteiger partial charge in [0.25, 0.3) is 0 Å². The molecule has 0 radical (unpaired) electrons. The molecule has 9 aromatic rings. The van der Waals surface area contributed by atoms with Crippen molar-refractivity contribution < 1.29 is 0 Å². The molecular formula is C50H33N3. The first-order chi connectivity index (χ1) is 26.2. The predicted molar refractivity (Wildman–Crippen MR) is 222 cm³/mol. The number of nitrogens with zero attached hydrogens (tertiary/aromatic N) is 3. The van der Waals surface area contributed by atoms with E-state index in [-0.39, 0.29) is 0 Å². The molecule has 0 aliphatic heterocycles. The third kappa shape index (κ3) is 5.88. The Morgan fingerprint density at radius 3 is 1.74 bits per heavy atom. The van der Waals surface area contributed by atoms with Crippen LogP contribution in [0.5, 0.6) is 0 Å². The fraction of sp³-hybridized carbons (Fsp3) is 0.0200. The predicted octanol–water partition coefficient (Wildman–Crippen LogP) is 13.0. The highest BCUT2D eigenvalue weighted by molar-refractivity contribution is 6.08. The van der Waals surface area contributed by atoms with Gasteiger partial charge in [-0.05, 0) is 96.4 Å². The van der Waals surface area contributed by atoms with Gasteiger partial charge in [0.1, 0.15) is 0 Å². The summed E-state index contributed by atoms with van der Waals surface area (Å²) in [6.07, 6.45) is 7.73. The topological polar surface area (TPSA) is 38.7 Å². The fourth-order valence-electron chi connectivity index (χ4n) is 7.52. The molecule has 0 bridgehead atoms. The number of aromatic nitrogens is 3. The van der Waals surface area contributed by atoms with Crippen molar-refractivity contribution in [1.29, 1.82) is 0 Å². The van der Waals surface area contributed by atoms with Crippen LogP contribution in [0.25, 0.3) is 95.3 Å². The molecule has 3 nitrogen and oxygen atoms in total. The maximum absolute atomic E-state index is 5.10. The number of fused-ring (bicyclic) bond motifs is 5. The number of hydrogen-bond donors (Lipinski definition) is 0. The summed E-state index contributed by atoms with van der Waals surface area (Å²) < 4.78 is 0. The van der Waals surface area contributed by atoms with Crippen LogP contribution in [0.1, 0.15) is 23.1 Å². The molecular weight excluding hydrogens is 643 g/mol. The molecule has 1 aromatic heterocycles. The van der Waals surface area contributed by atoms with Crippen LogP contribution in [0, 0.1) is 0 Å². The number of hydrogen-bond acceptors (Lipinski definition) is 3. The van der Waals surface area contributed by atoms with Gasteiger partial charge in [-0.15, -0.1) is 0 Å². The number of benzene rings is 8. The first-order valence-corrected chi connectivity index (χ1v) is 18.1. The van der Waals surface area contributed by atoms with Gasteiger partial charge in [0.05, 0.1) is 0 Å². The van der Waals surface area contributed by atoms with Crippen LogP contribution in [0.15, 0.2) is 176 Å². The Hall–Kier alpha value is -6.97. The highest BCUT2D eigenvalue weighted by Gasteiger charge is 2.15. The molecule has 0 spiro atoms. The summed E-state index contributed by atoms with van der Waals surface area (Å²) in [5.41, 5.74) is 10.2. The first-order valence-electron chi connectivity index (χ1n) is 18.1. The standard InChI is InChI=1S/C50H33N3/c1-2-12-35(13-3-1)48-51-49(53-50(52-48)45-26-27-47-43(32-45)25-20-34-11-6-7-19-46(34)47)44-18-9-17-38(31-44)40-22-24-41-29-39(21-23-42(41)30-40)37-16-8-15-33-10-4-5-14-36(33)28-37/h1-15,17-32H,16H2. The average Bonchev–Trinajstić information content (AvgIpc) is 3.46. The van der Waals surface area contributed by atoms with E-state index in [1.165, 1.54) is 49.2 Å². The van der Waals surface area contributed by atoms with Crippen LogP contribution >= 0.6 is 0 Å². The third-order valence-electron chi connectivity index (χ3n) is 10.3. The minimum atomic E-state index is 0.645. The summed E-state index contributed by atoms with van der Waals surface area (Å²) in [5, 5.41) is 7.28. The summed E-state index contributed by atoms with van der Waals surface area (Å²) in [6.45, 7) is 0. The Morgan fingerprint density at radius 1 is 0.340 bits per heavy atom. The molecule has 1 aliphatic rings. The maximum Gasteiger partial charge on any atom is 0.164 e. The van der Waals surface area contributed by atoms with Crippen LogP contribution < -0.4 is 0 Å². The summed E-state index contributed by atoms with van der Waals surface area (Å²) in [6, 6.07) is 60.2. The van der Waals surface area contributed by atoms with Crippen LogP contribution in [0.3, 0.4) is 0 Å². The Balaban J connectivity index is 1.02. The first kappa shape index (κ1) is 30.8. The molecule has 0 unspecified atom stereocenters. The molecule has 1 aliphatic carbocycles. The van der Waals surface area contributed by atoms with E-state index in [1.807, 2.05) is 30.3 Å². The van der Waals surface area contributed by atoms with Gasteiger partial charge in [-0.2, -0.15) is 0 Å². The second-order valence-electron chi connectivity index (χ2n) is 13.7. The monoisotopic (exact) mass is 675 g/mol. The van der Waals surface area contributed by atoms with E-state index in [9.17, 15) is 0 Å². The maximum atomic E-state index is 5.10. The van der Waals surface area contributed by atoms with Crippen molar-refractivity contribution in [3.8, 4) is 45.3 Å². The van der Waals surface area contributed by atoms with Crippen molar-refractivity contribution in [1.82, 2.24) is 15.0 Å². The molecule has 53 heavy (non-hydrogen) atoms. The van der Waals surface area contributed by atoms with Crippen molar-refractivity contribution in [2.45, 2.75) is 6.42 Å². The summed E-state index contributed by atoms with van der Waals surface area (Å²) in [4.78, 5) is 15.1. The number of allylic oxidation sites excluding steroid dienone is 2. The van der Waals surface area contributed by atoms with E-state index in [2.05, 4.69) is 158 Å². The zero-order valence-corrected chi connectivity index (χ0v) is 28.9. The Bertz CT molecular complexity index is 2920. The van der Waals surface area contributed by atoms with E-state index >= 15 is 0 Å². The van der Waals surface area contributed by atoms with Gasteiger partial charge < -0.3 is 0 Å². The van der Waals surface area contributed by atoms with Gasteiger partial charge in [0.15, 0.2) is 17.5 Å². The summed E-state index contributed by atoms with van der Waals surface area (Å²) >= 11 is 0. The minimum absolute atomic E-state index is 0.645. The van der Waals surface area contributed by atoms with Gasteiger partial charge in [0, 0.05) is 16.7 Å². The Labute approximate surface area is 308 Å². The average molecular weight is 676 g/mol. The van der Waals surface area contributed by atoms with E-state index in [0.29, 0.717) is 17.5 Å². The van der Waals surface area contributed by atoms with Crippen molar-refractivity contribution in [2.75, 3.05) is 0 Å². The van der Waals surface area contributed by atoms with Gasteiger partial charge >= 0.3 is 0 Å². The minimum Gasteiger partial charge on any atom is -0.208 e. The molecule has 0 amide bonds. The van der Waals surface area contributed by atoms with E-state index < -0.39 is 0 Å². The van der Waals surface area contributed by atoms with Gasteiger partial charge in [0.2, 0.25) is 0 Å². The van der Waals surface area contributed by atoms with Crippen molar-refractivity contribution in [2.24, 2.45) is 0 Å². The van der Waals surface area contributed by atoms with Crippen LogP contribution in [-0.2, 0) is 0 Å². The van der Waals surface area contributed by atoms with E-state index in [1.54, 1.807) is 0 Å². The molecule has 0 fully saturated rings. The molecule has 248 valence electrons. The smallest absolute Gasteiger partial charge is 0.164 e. The summed E-state index contributed by atoms with van der Waals surface area (Å²) in [7, 11) is 0. The van der Waals surface area contributed by atoms with Crippen molar-refractivity contribution in [3.63, 3.8) is 0 Å². The van der Waals surface area contributed by atoms with Crippen LogP contribution in [0.2, 0.25) is 0 Å². The third-order valence-corrected chi connectivity index (χ3v) is 10.3. The molecule has 10 rings (SSSR count). The lowest BCUT2D eigenvalue weighted by atomic mass is 9.95. The Morgan fingerprint density at radius 2 is 0.887 bits per heavy atom. The van der Waals surface area contributed by atoms with Gasteiger partial charge in [-0.1, -0.05) is 164 Å². The largest absolute Gasteiger partial charge is 0.208 e. The molecule has 8 aromatic carbocycles. The van der Waals surface area contributed by atoms with Crippen molar-refractivity contribution >= 4 is 50.0 Å². The highest BCUT2D eigenvalue weighted by atomic mass is 15.0. The van der Waals surface area contributed by atoms with Crippen LogP contribution in [0.4, 0.5) is 0 Å². The molecule has 0 saturated carbocycles. The zero-order chi connectivity index (χ0) is 35.1. The SMILES string of the molecule is C1=Cc2ccccc2C=C(c2ccc3cc(-c4cccc(-c5nc(-c6ccccc6)nc(-c6ccc7c(ccc8ccccc87)c6)n5)c4)ccc3c2)C1. The second kappa shape index (κ2) is 13.0. The molecule has 0 N–H and O–H groups in total. The van der Waals surface area contributed by atoms with Crippen LogP contribution in [-0.4, -0.2) is 15.0 Å². The second-order valence-corrected chi connectivity index (χ2v) is 13.7. The normalized spacial score (nSPS) is 12.5. The lowest BCUT2D eigenvalue weighted by molar-refractivity contribution is 1.07. The van der Waals surface area contributed by atoms with E-state index in [4.69, 9.17) is 15.0 Å². The molecule has 3 heteroatoms.